The summed E-state index contributed by atoms with van der Waals surface area (Å²) in [7, 11) is 0. The van der Waals surface area contributed by atoms with Gasteiger partial charge in [0.15, 0.2) is 12.2 Å². The SMILES string of the molecule is CC(C)CC(=O)O[C@@H]1c2ccccc2[C@H](OC(=O)CC(C)C)[C@@H]2O[C@]12C. The van der Waals surface area contributed by atoms with Crippen molar-refractivity contribution in [3.05, 3.63) is 35.4 Å². The largest absolute Gasteiger partial charge is 0.455 e. The lowest BCUT2D eigenvalue weighted by molar-refractivity contribution is -0.156. The van der Waals surface area contributed by atoms with E-state index < -0.39 is 17.8 Å². The van der Waals surface area contributed by atoms with Gasteiger partial charge in [-0.25, -0.2) is 0 Å². The highest BCUT2D eigenvalue weighted by Crippen LogP contribution is 2.59. The molecule has 0 unspecified atom stereocenters. The molecule has 1 saturated heterocycles. The average Bonchev–Trinajstić information content (AvgIpc) is 3.22. The van der Waals surface area contributed by atoms with E-state index in [1.807, 2.05) is 58.9 Å². The van der Waals surface area contributed by atoms with Gasteiger partial charge in [-0.1, -0.05) is 52.0 Å². The number of hydrogen-bond donors (Lipinski definition) is 0. The van der Waals surface area contributed by atoms with Gasteiger partial charge in [-0.15, -0.1) is 0 Å². The molecule has 0 bridgehead atoms. The first kappa shape index (κ1) is 18.9. The van der Waals surface area contributed by atoms with E-state index in [4.69, 9.17) is 14.2 Å². The second kappa shape index (κ2) is 7.03. The summed E-state index contributed by atoms with van der Waals surface area (Å²) in [5, 5.41) is 0. The first-order valence-corrected chi connectivity index (χ1v) is 9.38. The van der Waals surface area contributed by atoms with Crippen molar-refractivity contribution in [1.29, 1.82) is 0 Å². The highest BCUT2D eigenvalue weighted by molar-refractivity contribution is 5.71. The molecule has 0 radical (unpaired) electrons. The Labute approximate surface area is 155 Å². The van der Waals surface area contributed by atoms with Gasteiger partial charge >= 0.3 is 11.9 Å². The normalized spacial score (nSPS) is 29.1. The Bertz CT molecular complexity index is 695. The molecule has 4 atom stereocenters. The maximum atomic E-state index is 12.3. The Morgan fingerprint density at radius 1 is 1.00 bits per heavy atom. The predicted octanol–water partition coefficient (Wildman–Crippen LogP) is 4.12. The van der Waals surface area contributed by atoms with Crippen LogP contribution in [0.3, 0.4) is 0 Å². The third kappa shape index (κ3) is 3.63. The third-order valence-corrected chi connectivity index (χ3v) is 4.93. The van der Waals surface area contributed by atoms with Crippen LogP contribution in [0.1, 0.15) is 70.8 Å². The predicted molar refractivity (Wildman–Crippen MR) is 96.3 cm³/mol. The van der Waals surface area contributed by atoms with Crippen molar-refractivity contribution in [2.45, 2.75) is 71.4 Å². The van der Waals surface area contributed by atoms with E-state index in [1.165, 1.54) is 0 Å². The lowest BCUT2D eigenvalue weighted by atomic mass is 9.80. The molecule has 0 aromatic heterocycles. The Morgan fingerprint density at radius 2 is 1.54 bits per heavy atom. The van der Waals surface area contributed by atoms with Crippen molar-refractivity contribution in [2.24, 2.45) is 11.8 Å². The molecule has 1 fully saturated rings. The summed E-state index contributed by atoms with van der Waals surface area (Å²) >= 11 is 0. The van der Waals surface area contributed by atoms with Crippen LogP contribution in [0, 0.1) is 11.8 Å². The summed E-state index contributed by atoms with van der Waals surface area (Å²) in [5.41, 5.74) is 1.08. The molecule has 0 spiro atoms. The summed E-state index contributed by atoms with van der Waals surface area (Å²) in [6.07, 6.45) is -0.482. The highest BCUT2D eigenvalue weighted by Gasteiger charge is 2.68. The molecule has 5 nitrogen and oxygen atoms in total. The van der Waals surface area contributed by atoms with Crippen molar-refractivity contribution in [3.63, 3.8) is 0 Å². The van der Waals surface area contributed by atoms with Crippen LogP contribution >= 0.6 is 0 Å². The molecule has 26 heavy (non-hydrogen) atoms. The van der Waals surface area contributed by atoms with Gasteiger partial charge in [0.05, 0.1) is 0 Å². The zero-order valence-corrected chi connectivity index (χ0v) is 16.2. The number of carbonyl (C=O) groups excluding carboxylic acids is 2. The van der Waals surface area contributed by atoms with Gasteiger partial charge < -0.3 is 14.2 Å². The molecular weight excluding hydrogens is 332 g/mol. The summed E-state index contributed by atoms with van der Waals surface area (Å²) in [6.45, 7) is 9.86. The molecule has 1 heterocycles. The third-order valence-electron chi connectivity index (χ3n) is 4.93. The zero-order chi connectivity index (χ0) is 19.1. The molecule has 5 heteroatoms. The standard InChI is InChI=1S/C21H28O5/c1-12(2)10-16(22)24-18-14-8-6-7-9-15(14)19(21(5)20(18)26-21)25-17(23)11-13(3)4/h6-9,12-13,18-20H,10-11H2,1-5H3/t18-,19+,20-,21+/m0/s1. The second-order valence-corrected chi connectivity index (χ2v) is 8.33. The van der Waals surface area contributed by atoms with Crippen LogP contribution in [0.15, 0.2) is 24.3 Å². The van der Waals surface area contributed by atoms with E-state index in [-0.39, 0.29) is 29.9 Å². The van der Waals surface area contributed by atoms with E-state index in [2.05, 4.69) is 0 Å². The van der Waals surface area contributed by atoms with Crippen LogP contribution in [0.25, 0.3) is 0 Å². The number of hydrogen-bond acceptors (Lipinski definition) is 5. The van der Waals surface area contributed by atoms with Gasteiger partial charge in [-0.2, -0.15) is 0 Å². The second-order valence-electron chi connectivity index (χ2n) is 8.33. The Balaban J connectivity index is 1.85. The number of epoxide rings is 1. The smallest absolute Gasteiger partial charge is 0.306 e. The molecule has 2 aliphatic rings. The van der Waals surface area contributed by atoms with Crippen LogP contribution in [0.5, 0.6) is 0 Å². The maximum Gasteiger partial charge on any atom is 0.306 e. The monoisotopic (exact) mass is 360 g/mol. The summed E-state index contributed by atoms with van der Waals surface area (Å²) in [5.74, 6) is 0.00538. The minimum Gasteiger partial charge on any atom is -0.455 e. The number of carbonyl (C=O) groups is 2. The molecule has 1 aliphatic heterocycles. The van der Waals surface area contributed by atoms with Crippen LogP contribution in [0.2, 0.25) is 0 Å². The van der Waals surface area contributed by atoms with Crippen molar-refractivity contribution in [3.8, 4) is 0 Å². The fourth-order valence-electron chi connectivity index (χ4n) is 3.64. The Kier molecular flexibility index (Phi) is 5.11. The molecule has 0 N–H and O–H groups in total. The van der Waals surface area contributed by atoms with E-state index in [1.54, 1.807) is 0 Å². The Morgan fingerprint density at radius 3 is 2.12 bits per heavy atom. The molecular formula is C21H28O5. The van der Waals surface area contributed by atoms with E-state index in [9.17, 15) is 9.59 Å². The number of benzene rings is 1. The van der Waals surface area contributed by atoms with Crippen LogP contribution < -0.4 is 0 Å². The van der Waals surface area contributed by atoms with Crippen molar-refractivity contribution in [2.75, 3.05) is 0 Å². The number of esters is 2. The van der Waals surface area contributed by atoms with Crippen LogP contribution in [0.4, 0.5) is 0 Å². The van der Waals surface area contributed by atoms with Gasteiger partial charge in [0.25, 0.3) is 0 Å². The molecule has 0 amide bonds. The molecule has 1 aliphatic carbocycles. The van der Waals surface area contributed by atoms with Gasteiger partial charge in [-0.3, -0.25) is 9.59 Å². The fraction of sp³-hybridized carbons (Fsp3) is 0.619. The fourth-order valence-corrected chi connectivity index (χ4v) is 3.64. The quantitative estimate of drug-likeness (QED) is 0.564. The zero-order valence-electron chi connectivity index (χ0n) is 16.2. The van der Waals surface area contributed by atoms with Gasteiger partial charge in [0, 0.05) is 24.0 Å². The van der Waals surface area contributed by atoms with E-state index in [0.717, 1.165) is 11.1 Å². The van der Waals surface area contributed by atoms with E-state index >= 15 is 0 Å². The van der Waals surface area contributed by atoms with Crippen molar-refractivity contribution < 1.29 is 23.8 Å². The minimum absolute atomic E-state index is 0.229. The average molecular weight is 360 g/mol. The lowest BCUT2D eigenvalue weighted by Crippen LogP contribution is -2.35. The first-order chi connectivity index (χ1) is 12.2. The van der Waals surface area contributed by atoms with Crippen LogP contribution in [-0.2, 0) is 23.8 Å². The number of fused-ring (bicyclic) bond motifs is 2. The molecule has 1 aromatic carbocycles. The lowest BCUT2D eigenvalue weighted by Gasteiger charge is -2.32. The van der Waals surface area contributed by atoms with Crippen molar-refractivity contribution >= 4 is 11.9 Å². The maximum absolute atomic E-state index is 12.3. The van der Waals surface area contributed by atoms with Gasteiger partial charge in [0.1, 0.15) is 11.7 Å². The van der Waals surface area contributed by atoms with Gasteiger partial charge in [0.2, 0.25) is 0 Å². The highest BCUT2D eigenvalue weighted by atomic mass is 16.7. The van der Waals surface area contributed by atoms with Crippen LogP contribution in [-0.4, -0.2) is 23.6 Å². The summed E-state index contributed by atoms with van der Waals surface area (Å²) < 4.78 is 17.5. The first-order valence-electron chi connectivity index (χ1n) is 9.38. The summed E-state index contributed by atoms with van der Waals surface area (Å²) in [6, 6.07) is 7.66. The molecule has 1 aromatic rings. The van der Waals surface area contributed by atoms with Crippen molar-refractivity contribution in [1.82, 2.24) is 0 Å². The molecule has 142 valence electrons. The molecule has 3 rings (SSSR count). The summed E-state index contributed by atoms with van der Waals surface area (Å²) in [4.78, 5) is 24.5. The number of ether oxygens (including phenoxy) is 3. The number of rotatable bonds is 6. The van der Waals surface area contributed by atoms with E-state index in [0.29, 0.717) is 12.8 Å². The Hall–Kier alpha value is -1.88. The topological polar surface area (TPSA) is 65.1 Å². The molecule has 0 saturated carbocycles. The minimum atomic E-state index is -0.649. The van der Waals surface area contributed by atoms with Gasteiger partial charge in [-0.05, 0) is 18.8 Å².